The van der Waals surface area contributed by atoms with Crippen LogP contribution >= 0.6 is 12.6 Å². The van der Waals surface area contributed by atoms with Crippen LogP contribution in [0.3, 0.4) is 0 Å². The lowest BCUT2D eigenvalue weighted by molar-refractivity contribution is 0.481. The first-order chi connectivity index (χ1) is 29.0. The van der Waals surface area contributed by atoms with Crippen LogP contribution in [0, 0.1) is 6.92 Å². The predicted octanol–water partition coefficient (Wildman–Crippen LogP) is 15.9. The highest BCUT2D eigenvalue weighted by Gasteiger charge is 2.24. The molecular weight excluding hydrogens is 737 g/mol. The summed E-state index contributed by atoms with van der Waals surface area (Å²) in [7, 11) is 0. The molecule has 294 valence electrons. The summed E-state index contributed by atoms with van der Waals surface area (Å²) >= 11 is 5.10. The van der Waals surface area contributed by atoms with Gasteiger partial charge in [-0.25, -0.2) is 0 Å². The Morgan fingerprint density at radius 1 is 0.559 bits per heavy atom. The molecule has 0 atom stereocenters. The van der Waals surface area contributed by atoms with Crippen molar-refractivity contribution >= 4 is 56.1 Å². The van der Waals surface area contributed by atoms with E-state index >= 15 is 0 Å². The molecule has 0 saturated carbocycles. The fraction of sp³-hybridized carbons (Fsp3) is 0.179. The lowest BCUT2D eigenvalue weighted by atomic mass is 9.81. The van der Waals surface area contributed by atoms with Crippen LogP contribution in [0.25, 0.3) is 54.6 Å². The van der Waals surface area contributed by atoms with Crippen molar-refractivity contribution in [2.75, 3.05) is 0 Å². The number of hydrogen-bond donors (Lipinski definition) is 2. The van der Waals surface area contributed by atoms with Crippen LogP contribution in [0.1, 0.15) is 79.5 Å². The summed E-state index contributed by atoms with van der Waals surface area (Å²) in [6, 6.07) is 51.8. The molecule has 0 radical (unpaired) electrons. The third-order valence-corrected chi connectivity index (χ3v) is 12.0. The van der Waals surface area contributed by atoms with Crippen molar-refractivity contribution in [3.8, 4) is 28.4 Å². The second-order valence-corrected chi connectivity index (χ2v) is 15.6. The monoisotopic (exact) mass is 788 g/mol. The Morgan fingerprint density at radius 2 is 1.25 bits per heavy atom. The van der Waals surface area contributed by atoms with Crippen LogP contribution in [0.4, 0.5) is 0 Å². The van der Waals surface area contributed by atoms with E-state index in [2.05, 4.69) is 140 Å². The summed E-state index contributed by atoms with van der Waals surface area (Å²) in [5.74, 6) is 2.04. The van der Waals surface area contributed by atoms with Crippen LogP contribution in [0.15, 0.2) is 157 Å². The van der Waals surface area contributed by atoms with E-state index in [1.54, 1.807) is 6.07 Å². The van der Waals surface area contributed by atoms with Crippen molar-refractivity contribution in [3.05, 3.63) is 196 Å². The first-order valence-electron chi connectivity index (χ1n) is 21.3. The molecule has 0 bridgehead atoms. The van der Waals surface area contributed by atoms with Crippen LogP contribution in [-0.2, 0) is 19.3 Å². The third-order valence-electron chi connectivity index (χ3n) is 11.6. The molecule has 8 aromatic carbocycles. The van der Waals surface area contributed by atoms with E-state index in [-0.39, 0.29) is 0 Å². The summed E-state index contributed by atoms with van der Waals surface area (Å²) in [6.45, 7) is 10.2. The van der Waals surface area contributed by atoms with Crippen molar-refractivity contribution < 1.29 is 9.84 Å². The quantitative estimate of drug-likeness (QED) is 0.164. The fourth-order valence-corrected chi connectivity index (χ4v) is 9.35. The molecule has 0 aromatic heterocycles. The van der Waals surface area contributed by atoms with Gasteiger partial charge in [0.25, 0.3) is 0 Å². The largest absolute Gasteiger partial charge is 0.507 e. The first-order valence-corrected chi connectivity index (χ1v) is 21.7. The molecule has 2 nitrogen and oxygen atoms in total. The van der Waals surface area contributed by atoms with Gasteiger partial charge < -0.3 is 9.84 Å². The molecule has 1 N–H and O–H groups in total. The smallest absolute Gasteiger partial charge is 0.135 e. The average molecular weight is 789 g/mol. The maximum atomic E-state index is 10.3. The number of allylic oxidation sites excluding steroid dienone is 3. The van der Waals surface area contributed by atoms with E-state index in [1.165, 1.54) is 77.4 Å². The topological polar surface area (TPSA) is 29.5 Å². The minimum absolute atomic E-state index is 0.325. The molecule has 3 heteroatoms. The number of fused-ring (bicyclic) bond motifs is 5. The summed E-state index contributed by atoms with van der Waals surface area (Å²) in [5, 5.41) is 17.0. The molecule has 8 aromatic rings. The van der Waals surface area contributed by atoms with Crippen molar-refractivity contribution in [2.45, 2.75) is 66.7 Å². The molecule has 2 aliphatic carbocycles. The van der Waals surface area contributed by atoms with Gasteiger partial charge in [-0.3, -0.25) is 0 Å². The van der Waals surface area contributed by atoms with Gasteiger partial charge in [0.2, 0.25) is 0 Å². The number of aryl methyl sites for hydroxylation is 2. The van der Waals surface area contributed by atoms with Gasteiger partial charge in [-0.05, 0) is 145 Å². The molecule has 0 amide bonds. The van der Waals surface area contributed by atoms with Gasteiger partial charge in [0.05, 0.1) is 0 Å². The van der Waals surface area contributed by atoms with Gasteiger partial charge in [-0.15, -0.1) is 12.6 Å². The predicted molar refractivity (Wildman–Crippen MR) is 256 cm³/mol. The minimum atomic E-state index is 0.325. The Morgan fingerprint density at radius 3 is 2.12 bits per heavy atom. The van der Waals surface area contributed by atoms with Crippen LogP contribution in [-0.4, -0.2) is 5.11 Å². The third kappa shape index (κ3) is 7.68. The Hall–Kier alpha value is -6.03. The zero-order valence-electron chi connectivity index (χ0n) is 34.8. The summed E-state index contributed by atoms with van der Waals surface area (Å²) < 4.78 is 6.75. The Labute approximate surface area is 354 Å². The van der Waals surface area contributed by atoms with Crippen molar-refractivity contribution in [1.82, 2.24) is 0 Å². The highest BCUT2D eigenvalue weighted by molar-refractivity contribution is 7.84. The number of thiol groups is 1. The van der Waals surface area contributed by atoms with Gasteiger partial charge in [0.1, 0.15) is 17.2 Å². The lowest BCUT2D eigenvalue weighted by Crippen LogP contribution is -2.06. The zero-order valence-corrected chi connectivity index (χ0v) is 35.7. The second kappa shape index (κ2) is 17.4. The number of hydrogen-bond acceptors (Lipinski definition) is 3. The molecule has 0 aliphatic heterocycles. The maximum absolute atomic E-state index is 10.3. The molecular formula is C56H52O2S. The first kappa shape index (κ1) is 39.8. The molecule has 0 heterocycles. The summed E-state index contributed by atoms with van der Waals surface area (Å²) in [6.07, 6.45) is 7.07. The van der Waals surface area contributed by atoms with E-state index in [0.717, 1.165) is 64.7 Å². The zero-order chi connectivity index (χ0) is 41.0. The van der Waals surface area contributed by atoms with Crippen LogP contribution in [0.5, 0.6) is 17.2 Å². The van der Waals surface area contributed by atoms with E-state index in [1.807, 2.05) is 39.8 Å². The van der Waals surface area contributed by atoms with Gasteiger partial charge in [-0.2, -0.15) is 0 Å². The van der Waals surface area contributed by atoms with E-state index in [4.69, 9.17) is 17.4 Å². The normalized spacial score (nSPS) is 13.2. The summed E-state index contributed by atoms with van der Waals surface area (Å²) in [4.78, 5) is 1.15. The SMILES string of the molecule is CC.CC.Cc1ccc2c(C3=C(S)CCc4c3cccc4-c3cccc4c(Oc5ccc6c(c5)CCC=C6Cc5ccc6c(O)cccc6c5)cccc34)cccc2c1. The van der Waals surface area contributed by atoms with Gasteiger partial charge in [0.15, 0.2) is 0 Å². The molecule has 10 rings (SSSR count). The summed E-state index contributed by atoms with van der Waals surface area (Å²) in [5.41, 5.74) is 14.1. The number of rotatable bonds is 6. The maximum Gasteiger partial charge on any atom is 0.135 e. The number of phenolic OH excluding ortho intramolecular Hbond substituents is 1. The number of ether oxygens (including phenoxy) is 1. The Balaban J connectivity index is 0.00000118. The van der Waals surface area contributed by atoms with E-state index < -0.39 is 0 Å². The highest BCUT2D eigenvalue weighted by Crippen LogP contribution is 2.45. The molecule has 0 saturated heterocycles. The number of benzene rings is 8. The standard InChI is InChI=1S/C52H40O2S.2C2H6/c1-32-20-23-40-34(28-32)10-3-16-47(40)52-48-17-6-13-43(45(48)26-27-51(52)55)42-12-5-15-46-44(42)14-7-19-50(46)54-38-22-25-39-35(8-2-9-37(39)31-38)29-33-21-24-41-36(30-33)11-4-18-49(41)53;2*1-2/h3-8,10-25,28,30-31,53,55H,2,9,26-27,29H2,1H3;2*1-2H3. The lowest BCUT2D eigenvalue weighted by Gasteiger charge is -2.25. The molecule has 0 unspecified atom stereocenters. The van der Waals surface area contributed by atoms with E-state index in [0.29, 0.717) is 5.75 Å². The Kier molecular flexibility index (Phi) is 11.8. The number of phenols is 1. The van der Waals surface area contributed by atoms with Gasteiger partial charge in [-0.1, -0.05) is 161 Å². The number of aromatic hydroxyl groups is 1. The van der Waals surface area contributed by atoms with Crippen molar-refractivity contribution in [3.63, 3.8) is 0 Å². The second-order valence-electron chi connectivity index (χ2n) is 15.0. The van der Waals surface area contributed by atoms with Crippen LogP contribution < -0.4 is 4.74 Å². The van der Waals surface area contributed by atoms with Crippen LogP contribution in [0.2, 0.25) is 0 Å². The average Bonchev–Trinajstić information content (AvgIpc) is 3.27. The van der Waals surface area contributed by atoms with Gasteiger partial charge >= 0.3 is 0 Å². The molecule has 2 aliphatic rings. The van der Waals surface area contributed by atoms with E-state index in [9.17, 15) is 5.11 Å². The molecule has 0 spiro atoms. The molecule has 0 fully saturated rings. The Bertz CT molecular complexity index is 2910. The molecule has 59 heavy (non-hydrogen) atoms. The fourth-order valence-electron chi connectivity index (χ4n) is 9.00. The minimum Gasteiger partial charge on any atom is -0.507 e. The highest BCUT2D eigenvalue weighted by atomic mass is 32.1. The van der Waals surface area contributed by atoms with Crippen molar-refractivity contribution in [1.29, 1.82) is 0 Å². The van der Waals surface area contributed by atoms with Gasteiger partial charge in [0, 0.05) is 10.8 Å². The van der Waals surface area contributed by atoms with Crippen molar-refractivity contribution in [2.24, 2.45) is 0 Å².